The quantitative estimate of drug-likeness (QED) is 0.710. The highest BCUT2D eigenvalue weighted by atomic mass is 31.2. The number of hydrogen-bond donors (Lipinski definition) is 1. The highest BCUT2D eigenvalue weighted by molar-refractivity contribution is 7.51. The average Bonchev–Trinajstić information content (AvgIpc) is 2.92. The van der Waals surface area contributed by atoms with Crippen molar-refractivity contribution in [2.45, 2.75) is 50.9 Å². The summed E-state index contributed by atoms with van der Waals surface area (Å²) in [5, 5.41) is 3.16. The fourth-order valence-corrected chi connectivity index (χ4v) is 7.42. The molecule has 3 unspecified atom stereocenters. The molecular weight excluding hydrogens is 361 g/mol. The van der Waals surface area contributed by atoms with Crippen molar-refractivity contribution in [1.82, 2.24) is 5.09 Å². The number of benzene rings is 1. The van der Waals surface area contributed by atoms with Crippen molar-refractivity contribution in [2.24, 2.45) is 17.3 Å². The van der Waals surface area contributed by atoms with E-state index >= 15 is 0 Å². The predicted molar refractivity (Wildman–Crippen MR) is 106 cm³/mol. The van der Waals surface area contributed by atoms with Gasteiger partial charge in [0.05, 0.1) is 7.11 Å². The van der Waals surface area contributed by atoms with Crippen molar-refractivity contribution in [3.8, 4) is 5.75 Å². The minimum Gasteiger partial charge on any atom is -0.497 e. The Labute approximate surface area is 162 Å². The smallest absolute Gasteiger partial charge is 0.404 e. The number of rotatable bonds is 6. The van der Waals surface area contributed by atoms with Gasteiger partial charge in [-0.05, 0) is 71.6 Å². The van der Waals surface area contributed by atoms with Gasteiger partial charge in [-0.2, -0.15) is 0 Å². The van der Waals surface area contributed by atoms with Crippen LogP contribution in [0.4, 0.5) is 0 Å². The second-order valence-corrected chi connectivity index (χ2v) is 10.8. The van der Waals surface area contributed by atoms with Crippen molar-refractivity contribution in [3.05, 3.63) is 29.3 Å². The van der Waals surface area contributed by atoms with Gasteiger partial charge in [-0.3, -0.25) is 0 Å². The minimum absolute atomic E-state index is 0.0866. The van der Waals surface area contributed by atoms with Crippen molar-refractivity contribution < 1.29 is 18.3 Å². The van der Waals surface area contributed by atoms with Gasteiger partial charge in [0, 0.05) is 20.8 Å². The van der Waals surface area contributed by atoms with Crippen LogP contribution in [0.3, 0.4) is 0 Å². The van der Waals surface area contributed by atoms with Crippen LogP contribution in [0.15, 0.2) is 18.2 Å². The number of methoxy groups -OCH3 is 1. The molecule has 0 saturated heterocycles. The average molecular weight is 393 g/mol. The van der Waals surface area contributed by atoms with Crippen molar-refractivity contribution >= 4 is 7.75 Å². The lowest BCUT2D eigenvalue weighted by Crippen LogP contribution is -2.42. The van der Waals surface area contributed by atoms with E-state index in [2.05, 4.69) is 30.2 Å². The molecule has 5 nitrogen and oxygen atoms in total. The molecule has 150 valence electrons. The molecule has 2 saturated carbocycles. The highest BCUT2D eigenvalue weighted by Gasteiger charge is 2.63. The molecule has 0 aliphatic heterocycles. The summed E-state index contributed by atoms with van der Waals surface area (Å²) in [6.45, 7) is 3.07. The summed E-state index contributed by atoms with van der Waals surface area (Å²) in [4.78, 5) is 0. The van der Waals surface area contributed by atoms with E-state index in [1.165, 1.54) is 51.0 Å². The number of ether oxygens (including phenoxy) is 1. The van der Waals surface area contributed by atoms with Gasteiger partial charge >= 0.3 is 7.75 Å². The van der Waals surface area contributed by atoms with Gasteiger partial charge < -0.3 is 13.8 Å². The molecule has 0 radical (unpaired) electrons. The summed E-state index contributed by atoms with van der Waals surface area (Å²) >= 11 is 0. The molecule has 3 aliphatic carbocycles. The highest BCUT2D eigenvalue weighted by Crippen LogP contribution is 2.67. The molecule has 0 amide bonds. The van der Waals surface area contributed by atoms with Crippen LogP contribution in [0.5, 0.6) is 5.75 Å². The van der Waals surface area contributed by atoms with Crippen molar-refractivity contribution in [3.63, 3.8) is 0 Å². The molecule has 0 aromatic heterocycles. The summed E-state index contributed by atoms with van der Waals surface area (Å²) in [6.07, 6.45) is 7.28. The van der Waals surface area contributed by atoms with E-state index in [0.29, 0.717) is 18.4 Å². The molecule has 27 heavy (non-hydrogen) atoms. The van der Waals surface area contributed by atoms with Gasteiger partial charge in [0.25, 0.3) is 0 Å². The summed E-state index contributed by atoms with van der Waals surface area (Å²) in [5.74, 6) is 2.19. The lowest BCUT2D eigenvalue weighted by Gasteiger charge is -2.45. The van der Waals surface area contributed by atoms with E-state index in [0.717, 1.165) is 18.6 Å². The van der Waals surface area contributed by atoms with Gasteiger partial charge in [0.15, 0.2) is 0 Å². The molecule has 4 rings (SSSR count). The molecule has 4 atom stereocenters. The zero-order valence-corrected chi connectivity index (χ0v) is 17.8. The van der Waals surface area contributed by atoms with Crippen LogP contribution in [-0.4, -0.2) is 27.9 Å². The van der Waals surface area contributed by atoms with Crippen LogP contribution in [0, 0.1) is 17.3 Å². The molecule has 2 bridgehead atoms. The van der Waals surface area contributed by atoms with Crippen LogP contribution in [0.2, 0.25) is 0 Å². The van der Waals surface area contributed by atoms with E-state index < -0.39 is 7.75 Å². The largest absolute Gasteiger partial charge is 0.497 e. The number of fused-ring (bicyclic) bond motifs is 2. The van der Waals surface area contributed by atoms with E-state index in [4.69, 9.17) is 13.8 Å². The first-order valence-electron chi connectivity index (χ1n) is 10.1. The lowest BCUT2D eigenvalue weighted by molar-refractivity contribution is 0.169. The second-order valence-electron chi connectivity index (χ2n) is 8.73. The van der Waals surface area contributed by atoms with E-state index in [9.17, 15) is 4.57 Å². The maximum Gasteiger partial charge on any atom is 0.404 e. The van der Waals surface area contributed by atoms with Crippen molar-refractivity contribution in [1.29, 1.82) is 0 Å². The fourth-order valence-electron chi connectivity index (χ4n) is 6.51. The van der Waals surface area contributed by atoms with E-state index in [1.54, 1.807) is 7.11 Å². The Morgan fingerprint density at radius 1 is 1.22 bits per heavy atom. The first-order chi connectivity index (χ1) is 12.9. The molecule has 3 aliphatic rings. The normalized spacial score (nSPS) is 34.8. The zero-order chi connectivity index (χ0) is 19.3. The first-order valence-corrected chi connectivity index (χ1v) is 11.6. The Morgan fingerprint density at radius 3 is 2.70 bits per heavy atom. The Bertz CT molecular complexity index is 761. The maximum absolute atomic E-state index is 12.6. The standard InChI is InChI=1S/C21H32NO4P/c1-15-18-7-5-6-10-21(18)13-20(15,14-22-27(23,25-3)26-4)12-16-8-9-17(24-2)11-19(16)21/h8-9,11,15,18H,5-7,10,12-14H2,1-4H3,(H,22,23)/t15?,18?,20?,21-/m1/s1. The molecule has 6 heteroatoms. The van der Waals surface area contributed by atoms with E-state index in [1.807, 2.05) is 0 Å². The molecular formula is C21H32NO4P. The summed E-state index contributed by atoms with van der Waals surface area (Å²) in [6, 6.07) is 6.62. The predicted octanol–water partition coefficient (Wildman–Crippen LogP) is 4.70. The lowest BCUT2D eigenvalue weighted by atomic mass is 9.60. The SMILES string of the molecule is COc1ccc2c(c1)[C@@]13CCCCC1C(C)C(CNP(=O)(OC)OC)(C2)C3. The van der Waals surface area contributed by atoms with Gasteiger partial charge in [-0.1, -0.05) is 25.8 Å². The molecule has 1 spiro atoms. The third kappa shape index (κ3) is 2.90. The summed E-state index contributed by atoms with van der Waals surface area (Å²) in [7, 11) is 1.41. The van der Waals surface area contributed by atoms with Crippen LogP contribution in [-0.2, 0) is 25.4 Å². The Kier molecular flexibility index (Phi) is 4.95. The Balaban J connectivity index is 1.75. The van der Waals surface area contributed by atoms with Crippen LogP contribution >= 0.6 is 7.75 Å². The third-order valence-corrected chi connectivity index (χ3v) is 9.34. The van der Waals surface area contributed by atoms with Gasteiger partial charge in [-0.15, -0.1) is 0 Å². The van der Waals surface area contributed by atoms with Gasteiger partial charge in [0.1, 0.15) is 5.75 Å². The molecule has 1 aromatic rings. The molecule has 1 aromatic carbocycles. The maximum atomic E-state index is 12.6. The fraction of sp³-hybridized carbons (Fsp3) is 0.714. The van der Waals surface area contributed by atoms with Gasteiger partial charge in [0.2, 0.25) is 0 Å². The number of hydrogen-bond acceptors (Lipinski definition) is 4. The first kappa shape index (κ1) is 19.4. The monoisotopic (exact) mass is 393 g/mol. The van der Waals surface area contributed by atoms with Crippen LogP contribution in [0.1, 0.15) is 50.2 Å². The van der Waals surface area contributed by atoms with Gasteiger partial charge in [-0.25, -0.2) is 9.65 Å². The van der Waals surface area contributed by atoms with Crippen molar-refractivity contribution in [2.75, 3.05) is 27.9 Å². The molecule has 1 N–H and O–H groups in total. The summed E-state index contributed by atoms with van der Waals surface area (Å²) in [5.41, 5.74) is 3.26. The topological polar surface area (TPSA) is 56.8 Å². The molecule has 0 heterocycles. The second kappa shape index (κ2) is 6.88. The molecule has 2 fully saturated rings. The Morgan fingerprint density at radius 2 is 2.00 bits per heavy atom. The third-order valence-electron chi connectivity index (χ3n) is 7.84. The summed E-state index contributed by atoms with van der Waals surface area (Å²) < 4.78 is 28.5. The zero-order valence-electron chi connectivity index (χ0n) is 16.9. The van der Waals surface area contributed by atoms with E-state index in [-0.39, 0.29) is 10.8 Å². The van der Waals surface area contributed by atoms with Crippen LogP contribution < -0.4 is 9.82 Å². The van der Waals surface area contributed by atoms with Crippen LogP contribution in [0.25, 0.3) is 0 Å². The minimum atomic E-state index is -3.22. The number of nitrogens with one attached hydrogen (secondary N) is 1. The Hall–Kier alpha value is -0.870.